The third-order valence-electron chi connectivity index (χ3n) is 2.83. The Labute approximate surface area is 130 Å². The van der Waals surface area contributed by atoms with E-state index >= 15 is 0 Å². The third-order valence-corrected chi connectivity index (χ3v) is 4.02. The van der Waals surface area contributed by atoms with Gasteiger partial charge in [0.25, 0.3) is 5.91 Å². The fourth-order valence-corrected chi connectivity index (χ4v) is 2.67. The minimum absolute atomic E-state index is 0.156. The van der Waals surface area contributed by atoms with Crippen LogP contribution in [0.25, 0.3) is 0 Å². The lowest BCUT2D eigenvalue weighted by atomic mass is 10.4. The molecule has 0 unspecified atom stereocenters. The lowest BCUT2D eigenvalue weighted by molar-refractivity contribution is 0.0946. The summed E-state index contributed by atoms with van der Waals surface area (Å²) in [6.07, 6.45) is 2.83. The summed E-state index contributed by atoms with van der Waals surface area (Å²) in [5, 5.41) is 3.64. The first-order valence-electron chi connectivity index (χ1n) is 7.43. The molecule has 1 rings (SSSR count). The van der Waals surface area contributed by atoms with Crippen LogP contribution >= 0.6 is 11.3 Å². The van der Waals surface area contributed by atoms with Gasteiger partial charge in [-0.05, 0) is 19.3 Å². The van der Waals surface area contributed by atoms with Gasteiger partial charge in [-0.25, -0.2) is 4.98 Å². The molecule has 0 saturated carbocycles. The first-order chi connectivity index (χ1) is 10.1. The van der Waals surface area contributed by atoms with Gasteiger partial charge in [-0.1, -0.05) is 25.2 Å². The maximum atomic E-state index is 12.1. The van der Waals surface area contributed by atoms with Crippen molar-refractivity contribution in [3.63, 3.8) is 0 Å². The maximum Gasteiger partial charge on any atom is 0.265 e. The van der Waals surface area contributed by atoms with Crippen LogP contribution in [-0.2, 0) is 4.74 Å². The number of amides is 1. The Bertz CT molecular complexity index is 437. The highest BCUT2D eigenvalue weighted by Gasteiger charge is 2.17. The molecule has 0 radical (unpaired) electrons. The van der Waals surface area contributed by atoms with Gasteiger partial charge in [0.05, 0.1) is 0 Å². The molecule has 21 heavy (non-hydrogen) atoms. The molecule has 0 aromatic carbocycles. The molecule has 1 aromatic heterocycles. The topological polar surface area (TPSA) is 80.5 Å². The monoisotopic (exact) mass is 314 g/mol. The summed E-state index contributed by atoms with van der Waals surface area (Å²) in [4.78, 5) is 18.8. The average molecular weight is 314 g/mol. The van der Waals surface area contributed by atoms with Gasteiger partial charge in [0, 0.05) is 33.4 Å². The van der Waals surface area contributed by atoms with Crippen LogP contribution in [0.2, 0.25) is 0 Å². The van der Waals surface area contributed by atoms with Crippen molar-refractivity contribution < 1.29 is 9.53 Å². The van der Waals surface area contributed by atoms with E-state index in [4.69, 9.17) is 10.5 Å². The van der Waals surface area contributed by atoms with E-state index in [0.29, 0.717) is 23.8 Å². The number of nitrogen functional groups attached to an aromatic ring is 1. The third kappa shape index (κ3) is 5.89. The number of nitrogens with one attached hydrogen (secondary N) is 1. The van der Waals surface area contributed by atoms with Crippen molar-refractivity contribution in [3.8, 4) is 0 Å². The lowest BCUT2D eigenvalue weighted by Gasteiger charge is -2.13. The molecule has 0 spiro atoms. The number of thiazole rings is 1. The van der Waals surface area contributed by atoms with E-state index in [1.54, 1.807) is 0 Å². The van der Waals surface area contributed by atoms with Gasteiger partial charge in [0.15, 0.2) is 5.13 Å². The normalized spacial score (nSPS) is 10.6. The minimum Gasteiger partial charge on any atom is -0.382 e. The van der Waals surface area contributed by atoms with Crippen molar-refractivity contribution in [2.45, 2.75) is 33.1 Å². The zero-order valence-electron chi connectivity index (χ0n) is 13.1. The molecule has 0 aliphatic heterocycles. The smallest absolute Gasteiger partial charge is 0.265 e. The Morgan fingerprint density at radius 3 is 2.81 bits per heavy atom. The number of ether oxygens (including phenoxy) is 1. The average Bonchev–Trinajstić information content (AvgIpc) is 2.85. The van der Waals surface area contributed by atoms with Gasteiger partial charge >= 0.3 is 0 Å². The van der Waals surface area contributed by atoms with Crippen molar-refractivity contribution in [1.29, 1.82) is 0 Å². The number of rotatable bonds is 10. The molecule has 120 valence electrons. The summed E-state index contributed by atoms with van der Waals surface area (Å²) in [6, 6.07) is 0. The Hall–Kier alpha value is -1.34. The fourth-order valence-electron chi connectivity index (χ4n) is 1.78. The summed E-state index contributed by atoms with van der Waals surface area (Å²) in [7, 11) is 1.95. The van der Waals surface area contributed by atoms with Gasteiger partial charge in [-0.15, -0.1) is 0 Å². The molecule has 3 N–H and O–H groups in total. The van der Waals surface area contributed by atoms with E-state index in [0.717, 1.165) is 37.5 Å². The van der Waals surface area contributed by atoms with Crippen molar-refractivity contribution >= 4 is 28.2 Å². The second-order valence-electron chi connectivity index (χ2n) is 4.85. The molecule has 0 aliphatic carbocycles. The maximum absolute atomic E-state index is 12.1. The number of carbonyl (C=O) groups excluding carboxylic acids is 1. The quantitative estimate of drug-likeness (QED) is 0.647. The van der Waals surface area contributed by atoms with Crippen LogP contribution in [0.5, 0.6) is 0 Å². The molecular formula is C14H26N4O2S. The van der Waals surface area contributed by atoms with Gasteiger partial charge in [-0.2, -0.15) is 0 Å². The van der Waals surface area contributed by atoms with Gasteiger partial charge in [0.1, 0.15) is 10.7 Å². The predicted molar refractivity (Wildman–Crippen MR) is 88.1 cm³/mol. The molecule has 1 amide bonds. The Balaban J connectivity index is 2.43. The molecule has 6 nitrogen and oxygen atoms in total. The number of hydrogen-bond donors (Lipinski definition) is 2. The largest absolute Gasteiger partial charge is 0.382 e. The van der Waals surface area contributed by atoms with Crippen molar-refractivity contribution in [1.82, 2.24) is 10.3 Å². The van der Waals surface area contributed by atoms with Gasteiger partial charge in [0.2, 0.25) is 0 Å². The highest BCUT2D eigenvalue weighted by Crippen LogP contribution is 2.27. The second-order valence-corrected chi connectivity index (χ2v) is 5.83. The van der Waals surface area contributed by atoms with E-state index in [2.05, 4.69) is 24.1 Å². The number of carbonyl (C=O) groups is 1. The molecule has 1 heterocycles. The molecule has 0 bridgehead atoms. The van der Waals surface area contributed by atoms with Crippen LogP contribution in [0.15, 0.2) is 0 Å². The number of aromatic nitrogens is 1. The van der Waals surface area contributed by atoms with E-state index in [1.807, 2.05) is 11.9 Å². The van der Waals surface area contributed by atoms with Crippen molar-refractivity contribution in [2.24, 2.45) is 0 Å². The SMILES string of the molecule is CCCOCCCNC(=O)c1sc(N(C)CCC)nc1N. The van der Waals surface area contributed by atoms with E-state index in [1.165, 1.54) is 11.3 Å². The number of hydrogen-bond acceptors (Lipinski definition) is 6. The van der Waals surface area contributed by atoms with E-state index in [9.17, 15) is 4.79 Å². The van der Waals surface area contributed by atoms with Crippen molar-refractivity contribution in [2.75, 3.05) is 44.0 Å². The van der Waals surface area contributed by atoms with E-state index in [-0.39, 0.29) is 5.91 Å². The highest BCUT2D eigenvalue weighted by molar-refractivity contribution is 7.18. The standard InChI is InChI=1S/C14H26N4O2S/c1-4-8-18(3)14-17-12(15)11(21-14)13(19)16-7-6-10-20-9-5-2/h4-10,15H2,1-3H3,(H,16,19). The molecule has 1 aromatic rings. The molecule has 0 fully saturated rings. The molecule has 7 heteroatoms. The first kappa shape index (κ1) is 17.7. The summed E-state index contributed by atoms with van der Waals surface area (Å²) < 4.78 is 5.36. The molecule has 0 aliphatic rings. The zero-order valence-corrected chi connectivity index (χ0v) is 14.0. The van der Waals surface area contributed by atoms with Gasteiger partial charge < -0.3 is 20.7 Å². The minimum atomic E-state index is -0.156. The molecule has 0 saturated heterocycles. The van der Waals surface area contributed by atoms with Crippen LogP contribution < -0.4 is 16.0 Å². The zero-order chi connectivity index (χ0) is 15.7. The van der Waals surface area contributed by atoms with Crippen LogP contribution in [0.3, 0.4) is 0 Å². The fraction of sp³-hybridized carbons (Fsp3) is 0.714. The van der Waals surface area contributed by atoms with Crippen LogP contribution in [0.4, 0.5) is 10.9 Å². The number of nitrogens with zero attached hydrogens (tertiary/aromatic N) is 2. The van der Waals surface area contributed by atoms with Crippen LogP contribution in [0.1, 0.15) is 42.8 Å². The molecule has 0 atom stereocenters. The second kappa shape index (κ2) is 9.57. The van der Waals surface area contributed by atoms with E-state index < -0.39 is 0 Å². The van der Waals surface area contributed by atoms with Crippen molar-refractivity contribution in [3.05, 3.63) is 4.88 Å². The Kier molecular flexibility index (Phi) is 8.07. The Morgan fingerprint density at radius 2 is 2.14 bits per heavy atom. The van der Waals surface area contributed by atoms with Gasteiger partial charge in [-0.3, -0.25) is 4.79 Å². The summed E-state index contributed by atoms with van der Waals surface area (Å²) in [6.45, 7) is 7.08. The number of nitrogens with two attached hydrogens (primary N) is 1. The Morgan fingerprint density at radius 1 is 1.38 bits per heavy atom. The molecular weight excluding hydrogens is 288 g/mol. The predicted octanol–water partition coefficient (Wildman–Crippen LogP) is 2.12. The summed E-state index contributed by atoms with van der Waals surface area (Å²) in [5.41, 5.74) is 5.83. The summed E-state index contributed by atoms with van der Waals surface area (Å²) >= 11 is 1.33. The lowest BCUT2D eigenvalue weighted by Crippen LogP contribution is -2.25. The summed E-state index contributed by atoms with van der Waals surface area (Å²) in [5.74, 6) is 0.148. The first-order valence-corrected chi connectivity index (χ1v) is 8.25. The van der Waals surface area contributed by atoms with Crippen LogP contribution in [0, 0.1) is 0 Å². The highest BCUT2D eigenvalue weighted by atomic mass is 32.1. The van der Waals surface area contributed by atoms with Crippen LogP contribution in [-0.4, -0.2) is 44.2 Å². The number of anilines is 2.